The van der Waals surface area contributed by atoms with Crippen molar-refractivity contribution in [1.82, 2.24) is 14.9 Å². The number of fused-ring (bicyclic) bond motifs is 1. The van der Waals surface area contributed by atoms with Gasteiger partial charge in [-0.05, 0) is 26.8 Å². The molecule has 0 amide bonds. The van der Waals surface area contributed by atoms with Crippen molar-refractivity contribution in [3.63, 3.8) is 0 Å². The van der Waals surface area contributed by atoms with Gasteiger partial charge in [0.25, 0.3) is 0 Å². The van der Waals surface area contributed by atoms with E-state index in [2.05, 4.69) is 39.1 Å². The van der Waals surface area contributed by atoms with Crippen LogP contribution in [0, 0.1) is 0 Å². The van der Waals surface area contributed by atoms with Gasteiger partial charge < -0.3 is 15.1 Å². The predicted molar refractivity (Wildman–Crippen MR) is 76.0 cm³/mol. The van der Waals surface area contributed by atoms with Crippen LogP contribution in [0.15, 0.2) is 4.79 Å². The number of H-pyrrole nitrogens is 1. The van der Waals surface area contributed by atoms with Gasteiger partial charge in [0.1, 0.15) is 11.6 Å². The third-order valence-corrected chi connectivity index (χ3v) is 4.03. The molecule has 3 heterocycles. The lowest BCUT2D eigenvalue weighted by molar-refractivity contribution is 0.311. The number of aromatic nitrogens is 2. The maximum atomic E-state index is 11.7. The minimum absolute atomic E-state index is 0.255. The minimum atomic E-state index is -0.255. The van der Waals surface area contributed by atoms with Crippen molar-refractivity contribution in [2.24, 2.45) is 0 Å². The number of rotatable bonds is 1. The first-order valence-corrected chi connectivity index (χ1v) is 6.96. The highest BCUT2D eigenvalue weighted by Gasteiger charge is 2.24. The molecule has 0 bridgehead atoms. The molecule has 0 aromatic carbocycles. The Labute approximate surface area is 112 Å². The van der Waals surface area contributed by atoms with Gasteiger partial charge >= 0.3 is 5.69 Å². The van der Waals surface area contributed by atoms with E-state index in [1.165, 1.54) is 5.56 Å². The molecule has 6 nitrogen and oxygen atoms in total. The molecule has 19 heavy (non-hydrogen) atoms. The fourth-order valence-corrected chi connectivity index (χ4v) is 2.81. The van der Waals surface area contributed by atoms with Gasteiger partial charge in [-0.25, -0.2) is 4.79 Å². The molecule has 0 saturated carbocycles. The van der Waals surface area contributed by atoms with Crippen LogP contribution < -0.4 is 15.9 Å². The second kappa shape index (κ2) is 4.85. The average molecular weight is 263 g/mol. The third-order valence-electron chi connectivity index (χ3n) is 4.03. The zero-order valence-electron chi connectivity index (χ0n) is 11.6. The first kappa shape index (κ1) is 12.5. The molecular formula is C13H21N5O. The van der Waals surface area contributed by atoms with E-state index in [4.69, 9.17) is 0 Å². The number of aromatic amines is 1. The summed E-state index contributed by atoms with van der Waals surface area (Å²) in [6, 6.07) is 0.408. The second-order valence-corrected chi connectivity index (χ2v) is 5.59. The molecule has 2 aliphatic rings. The molecule has 0 aliphatic carbocycles. The van der Waals surface area contributed by atoms with Gasteiger partial charge in [-0.1, -0.05) is 0 Å². The van der Waals surface area contributed by atoms with Crippen LogP contribution >= 0.6 is 0 Å². The Morgan fingerprint density at radius 1 is 1.26 bits per heavy atom. The Morgan fingerprint density at radius 2 is 2.00 bits per heavy atom. The minimum Gasteiger partial charge on any atom is -0.369 e. The molecule has 1 fully saturated rings. The lowest BCUT2D eigenvalue weighted by atomic mass is 10.0. The molecule has 104 valence electrons. The van der Waals surface area contributed by atoms with Crippen molar-refractivity contribution < 1.29 is 0 Å². The molecule has 2 aliphatic heterocycles. The highest BCUT2D eigenvalue weighted by Crippen LogP contribution is 2.29. The Balaban J connectivity index is 1.95. The summed E-state index contributed by atoms with van der Waals surface area (Å²) in [7, 11) is 2.13. The van der Waals surface area contributed by atoms with Crippen molar-refractivity contribution >= 4 is 11.6 Å². The largest absolute Gasteiger partial charge is 0.369 e. The number of hydrogen-bond acceptors (Lipinski definition) is 5. The zero-order chi connectivity index (χ0) is 13.4. The molecule has 1 atom stereocenters. The summed E-state index contributed by atoms with van der Waals surface area (Å²) in [5, 5.41) is 3.36. The highest BCUT2D eigenvalue weighted by molar-refractivity contribution is 5.60. The zero-order valence-corrected chi connectivity index (χ0v) is 11.6. The van der Waals surface area contributed by atoms with Crippen LogP contribution in [0.4, 0.5) is 11.6 Å². The summed E-state index contributed by atoms with van der Waals surface area (Å²) in [5.41, 5.74) is 0.913. The van der Waals surface area contributed by atoms with Crippen molar-refractivity contribution in [1.29, 1.82) is 0 Å². The van der Waals surface area contributed by atoms with Gasteiger partial charge in [0.15, 0.2) is 0 Å². The van der Waals surface area contributed by atoms with Crippen LogP contribution in [-0.2, 0) is 6.42 Å². The van der Waals surface area contributed by atoms with Crippen LogP contribution in [0.5, 0.6) is 0 Å². The van der Waals surface area contributed by atoms with Crippen LogP contribution in [0.1, 0.15) is 18.9 Å². The number of nitrogens with one attached hydrogen (secondary N) is 2. The van der Waals surface area contributed by atoms with E-state index >= 15 is 0 Å². The Kier molecular flexibility index (Phi) is 3.18. The molecule has 6 heteroatoms. The van der Waals surface area contributed by atoms with E-state index in [9.17, 15) is 4.79 Å². The van der Waals surface area contributed by atoms with Gasteiger partial charge in [0.05, 0.1) is 0 Å². The second-order valence-electron chi connectivity index (χ2n) is 5.59. The van der Waals surface area contributed by atoms with E-state index in [1.54, 1.807) is 0 Å². The van der Waals surface area contributed by atoms with Crippen molar-refractivity contribution in [2.45, 2.75) is 25.8 Å². The number of hydrogen-bond donors (Lipinski definition) is 2. The molecule has 1 aromatic rings. The summed E-state index contributed by atoms with van der Waals surface area (Å²) in [4.78, 5) is 23.3. The Hall–Kier alpha value is -1.56. The number of anilines is 2. The maximum Gasteiger partial charge on any atom is 0.348 e. The summed E-state index contributed by atoms with van der Waals surface area (Å²) >= 11 is 0. The molecule has 1 saturated heterocycles. The molecule has 3 rings (SSSR count). The van der Waals surface area contributed by atoms with Gasteiger partial charge in [0, 0.05) is 37.8 Å². The fraction of sp³-hybridized carbons (Fsp3) is 0.692. The quantitative estimate of drug-likeness (QED) is 0.761. The summed E-state index contributed by atoms with van der Waals surface area (Å²) in [6.07, 6.45) is 2.07. The summed E-state index contributed by atoms with van der Waals surface area (Å²) in [6.45, 7) is 6.06. The first-order valence-electron chi connectivity index (χ1n) is 6.96. The fourth-order valence-electron chi connectivity index (χ4n) is 2.81. The van der Waals surface area contributed by atoms with Gasteiger partial charge in [-0.2, -0.15) is 4.98 Å². The lowest BCUT2D eigenvalue weighted by Gasteiger charge is -2.35. The Morgan fingerprint density at radius 3 is 2.74 bits per heavy atom. The van der Waals surface area contributed by atoms with E-state index in [-0.39, 0.29) is 5.69 Å². The normalized spacial score (nSPS) is 23.9. The predicted octanol–water partition coefficient (Wildman–Crippen LogP) is 0.268. The van der Waals surface area contributed by atoms with Crippen LogP contribution in [0.3, 0.4) is 0 Å². The standard InChI is InChI=1S/C13H21N5O/c1-9-3-4-10-11(14-9)15-13(19)16-12(10)18-7-5-17(2)6-8-18/h9H,3-8H2,1-2H3,(H2,14,15,16,19). The summed E-state index contributed by atoms with van der Waals surface area (Å²) < 4.78 is 0. The molecule has 0 spiro atoms. The van der Waals surface area contributed by atoms with E-state index in [0.717, 1.165) is 50.7 Å². The Bertz CT molecular complexity index is 518. The highest BCUT2D eigenvalue weighted by atomic mass is 16.1. The van der Waals surface area contributed by atoms with Crippen molar-refractivity contribution in [3.05, 3.63) is 16.0 Å². The number of likely N-dealkylation sites (N-methyl/N-ethyl adjacent to an activating group) is 1. The monoisotopic (exact) mass is 263 g/mol. The van der Waals surface area contributed by atoms with Gasteiger partial charge in [-0.3, -0.25) is 4.98 Å². The lowest BCUT2D eigenvalue weighted by Crippen LogP contribution is -2.46. The third kappa shape index (κ3) is 2.45. The van der Waals surface area contributed by atoms with Gasteiger partial charge in [0.2, 0.25) is 0 Å². The smallest absolute Gasteiger partial charge is 0.348 e. The molecular weight excluding hydrogens is 242 g/mol. The van der Waals surface area contributed by atoms with Crippen LogP contribution in [0.25, 0.3) is 0 Å². The van der Waals surface area contributed by atoms with Crippen molar-refractivity contribution in [3.8, 4) is 0 Å². The van der Waals surface area contributed by atoms with Crippen LogP contribution in [0.2, 0.25) is 0 Å². The molecule has 1 aromatic heterocycles. The molecule has 2 N–H and O–H groups in total. The first-order chi connectivity index (χ1) is 9.13. The van der Waals surface area contributed by atoms with Gasteiger partial charge in [-0.15, -0.1) is 0 Å². The molecule has 0 radical (unpaired) electrons. The number of nitrogens with zero attached hydrogens (tertiary/aromatic N) is 3. The topological polar surface area (TPSA) is 64.3 Å². The number of piperazine rings is 1. The SMILES string of the molecule is CC1CCc2c(N3CCN(C)CC3)nc(=O)[nH]c2N1. The van der Waals surface area contributed by atoms with E-state index < -0.39 is 0 Å². The van der Waals surface area contributed by atoms with Crippen LogP contribution in [-0.4, -0.2) is 54.1 Å². The maximum absolute atomic E-state index is 11.7. The van der Waals surface area contributed by atoms with E-state index in [1.807, 2.05) is 0 Å². The van der Waals surface area contributed by atoms with Crippen molar-refractivity contribution in [2.75, 3.05) is 43.4 Å². The molecule has 1 unspecified atom stereocenters. The average Bonchev–Trinajstić information content (AvgIpc) is 2.38. The summed E-state index contributed by atoms with van der Waals surface area (Å²) in [5.74, 6) is 1.75. The van der Waals surface area contributed by atoms with E-state index in [0.29, 0.717) is 6.04 Å².